The molecule has 2 fully saturated rings. The molecule has 1 saturated heterocycles. The molecule has 2 aliphatic rings. The fraction of sp³-hybridized carbons (Fsp3) is 0.682. The number of furan rings is 1. The molecule has 158 valence electrons. The van der Waals surface area contributed by atoms with Crippen molar-refractivity contribution in [2.24, 2.45) is 4.99 Å². The van der Waals surface area contributed by atoms with Crippen molar-refractivity contribution in [2.75, 3.05) is 26.2 Å². The van der Waals surface area contributed by atoms with Gasteiger partial charge in [0.05, 0.1) is 12.8 Å². The molecule has 1 aromatic heterocycles. The highest BCUT2D eigenvalue weighted by Crippen LogP contribution is 2.25. The van der Waals surface area contributed by atoms with Crippen LogP contribution >= 0.6 is 24.0 Å². The van der Waals surface area contributed by atoms with Gasteiger partial charge in [-0.25, -0.2) is 4.99 Å². The average Bonchev–Trinajstić information content (AvgIpc) is 3.21. The van der Waals surface area contributed by atoms with Gasteiger partial charge in [-0.3, -0.25) is 0 Å². The molecule has 3 rings (SSSR count). The van der Waals surface area contributed by atoms with Crippen molar-refractivity contribution >= 4 is 29.9 Å². The van der Waals surface area contributed by atoms with E-state index in [1.807, 2.05) is 19.1 Å². The molecule has 2 N–H and O–H groups in total. The fourth-order valence-electron chi connectivity index (χ4n) is 4.17. The van der Waals surface area contributed by atoms with Gasteiger partial charge in [-0.15, -0.1) is 24.0 Å². The van der Waals surface area contributed by atoms with Gasteiger partial charge in [-0.05, 0) is 44.7 Å². The first-order valence-electron chi connectivity index (χ1n) is 10.7. The summed E-state index contributed by atoms with van der Waals surface area (Å²) in [7, 11) is 0. The third-order valence-electron chi connectivity index (χ3n) is 5.71. The summed E-state index contributed by atoms with van der Waals surface area (Å²) in [5.41, 5.74) is 1.08. The van der Waals surface area contributed by atoms with E-state index in [-0.39, 0.29) is 24.0 Å². The number of nitrogens with zero attached hydrogens (tertiary/aromatic N) is 2. The Bertz CT molecular complexity index is 588. The van der Waals surface area contributed by atoms with Crippen LogP contribution in [0.2, 0.25) is 0 Å². The first-order valence-corrected chi connectivity index (χ1v) is 10.7. The number of guanidine groups is 1. The van der Waals surface area contributed by atoms with Crippen LogP contribution in [-0.4, -0.2) is 49.1 Å². The number of aliphatic imine (C=N–C) groups is 1. The number of hydrogen-bond donors (Lipinski definition) is 2. The van der Waals surface area contributed by atoms with Gasteiger partial charge in [0.25, 0.3) is 0 Å². The van der Waals surface area contributed by atoms with Crippen LogP contribution in [0.4, 0.5) is 0 Å². The maximum absolute atomic E-state index is 5.41. The zero-order valence-electron chi connectivity index (χ0n) is 17.3. The van der Waals surface area contributed by atoms with E-state index in [9.17, 15) is 0 Å². The van der Waals surface area contributed by atoms with Crippen LogP contribution in [0.5, 0.6) is 0 Å². The predicted molar refractivity (Wildman–Crippen MR) is 128 cm³/mol. The monoisotopic (exact) mass is 500 g/mol. The second-order valence-corrected chi connectivity index (χ2v) is 8.12. The van der Waals surface area contributed by atoms with Crippen molar-refractivity contribution in [3.63, 3.8) is 0 Å². The minimum Gasteiger partial charge on any atom is -0.469 e. The summed E-state index contributed by atoms with van der Waals surface area (Å²) in [5, 5.41) is 7.11. The number of hydrogen-bond acceptors (Lipinski definition) is 3. The Balaban J connectivity index is 0.00000280. The molecular weight excluding hydrogens is 463 g/mol. The second kappa shape index (κ2) is 12.5. The van der Waals surface area contributed by atoms with E-state index >= 15 is 0 Å². The standard InChI is InChI=1S/C22H36N4O.HI/c1-18(2)17-24-22(23-13-10-21-9-6-16-27-21)25-19-11-14-26(15-12-19)20-7-4-3-5-8-20;/h6,9,16,19-20H,1,3-5,7-8,10-15,17H2,2H3,(H2,23,24,25);1H. The van der Waals surface area contributed by atoms with Crippen LogP contribution in [0.3, 0.4) is 0 Å². The van der Waals surface area contributed by atoms with Crippen LogP contribution in [0.25, 0.3) is 0 Å². The summed E-state index contributed by atoms with van der Waals surface area (Å²) in [4.78, 5) is 7.42. The van der Waals surface area contributed by atoms with Gasteiger partial charge in [0, 0.05) is 38.1 Å². The van der Waals surface area contributed by atoms with Crippen LogP contribution in [0.15, 0.2) is 40.0 Å². The highest BCUT2D eigenvalue weighted by molar-refractivity contribution is 14.0. The maximum Gasteiger partial charge on any atom is 0.191 e. The first-order chi connectivity index (χ1) is 13.2. The maximum atomic E-state index is 5.41. The van der Waals surface area contributed by atoms with E-state index in [0.717, 1.165) is 36.3 Å². The molecule has 1 aliphatic carbocycles. The number of likely N-dealkylation sites (tertiary alicyclic amines) is 1. The van der Waals surface area contributed by atoms with Crippen LogP contribution in [0, 0.1) is 0 Å². The molecule has 0 radical (unpaired) electrons. The largest absolute Gasteiger partial charge is 0.469 e. The summed E-state index contributed by atoms with van der Waals surface area (Å²) in [5.74, 6) is 1.91. The second-order valence-electron chi connectivity index (χ2n) is 8.12. The smallest absolute Gasteiger partial charge is 0.191 e. The zero-order chi connectivity index (χ0) is 18.9. The lowest BCUT2D eigenvalue weighted by molar-refractivity contribution is 0.119. The van der Waals surface area contributed by atoms with Crippen molar-refractivity contribution in [3.8, 4) is 0 Å². The molecule has 28 heavy (non-hydrogen) atoms. The van der Waals surface area contributed by atoms with E-state index in [4.69, 9.17) is 9.41 Å². The van der Waals surface area contributed by atoms with E-state index in [1.165, 1.54) is 58.0 Å². The number of piperidine rings is 1. The highest BCUT2D eigenvalue weighted by atomic mass is 127. The summed E-state index contributed by atoms with van der Waals surface area (Å²) in [6, 6.07) is 5.29. The van der Waals surface area contributed by atoms with Gasteiger partial charge >= 0.3 is 0 Å². The predicted octanol–water partition coefficient (Wildman–Crippen LogP) is 4.35. The number of rotatable bonds is 7. The van der Waals surface area contributed by atoms with Crippen LogP contribution in [0.1, 0.15) is 57.6 Å². The van der Waals surface area contributed by atoms with E-state index < -0.39 is 0 Å². The summed E-state index contributed by atoms with van der Waals surface area (Å²) in [6.07, 6.45) is 12.0. The molecule has 0 aromatic carbocycles. The average molecular weight is 500 g/mol. The van der Waals surface area contributed by atoms with Gasteiger partial charge < -0.3 is 20.0 Å². The molecule has 1 aromatic rings. The van der Waals surface area contributed by atoms with Crippen molar-refractivity contribution < 1.29 is 4.42 Å². The van der Waals surface area contributed by atoms with Gasteiger partial charge in [0.15, 0.2) is 5.96 Å². The van der Waals surface area contributed by atoms with E-state index in [0.29, 0.717) is 12.6 Å². The summed E-state index contributed by atoms with van der Waals surface area (Å²) >= 11 is 0. The molecule has 0 amide bonds. The fourth-order valence-corrected chi connectivity index (χ4v) is 4.17. The molecule has 6 heteroatoms. The van der Waals surface area contributed by atoms with Crippen LogP contribution in [-0.2, 0) is 6.42 Å². The molecule has 0 atom stereocenters. The number of nitrogens with one attached hydrogen (secondary N) is 2. The van der Waals surface area contributed by atoms with Crippen LogP contribution < -0.4 is 10.6 Å². The Kier molecular flexibility index (Phi) is 10.4. The van der Waals surface area contributed by atoms with Gasteiger partial charge in [0.1, 0.15) is 5.76 Å². The lowest BCUT2D eigenvalue weighted by Gasteiger charge is -2.39. The Hall–Kier alpha value is -1.02. The van der Waals surface area contributed by atoms with Crippen molar-refractivity contribution in [2.45, 2.75) is 70.4 Å². The topological polar surface area (TPSA) is 52.8 Å². The van der Waals surface area contributed by atoms with Gasteiger partial charge in [0.2, 0.25) is 0 Å². The first kappa shape index (κ1) is 23.3. The number of halogens is 1. The summed E-state index contributed by atoms with van der Waals surface area (Å²) in [6.45, 7) is 9.89. The molecular formula is C22H37IN4O. The third-order valence-corrected chi connectivity index (χ3v) is 5.71. The molecule has 0 unspecified atom stereocenters. The molecule has 1 saturated carbocycles. The highest BCUT2D eigenvalue weighted by Gasteiger charge is 2.26. The third kappa shape index (κ3) is 7.78. The molecule has 0 bridgehead atoms. The van der Waals surface area contributed by atoms with Crippen molar-refractivity contribution in [1.82, 2.24) is 15.5 Å². The lowest BCUT2D eigenvalue weighted by Crippen LogP contribution is -2.51. The Morgan fingerprint density at radius 3 is 2.61 bits per heavy atom. The SMILES string of the molecule is C=C(C)CN=C(NCCc1ccco1)NC1CCN(C2CCCCC2)CC1.I. The molecule has 0 spiro atoms. The van der Waals surface area contributed by atoms with Gasteiger partial charge in [-0.1, -0.05) is 31.4 Å². The molecule has 5 nitrogen and oxygen atoms in total. The molecule has 2 heterocycles. The summed E-state index contributed by atoms with van der Waals surface area (Å²) < 4.78 is 5.41. The van der Waals surface area contributed by atoms with Crippen molar-refractivity contribution in [3.05, 3.63) is 36.3 Å². The quantitative estimate of drug-likeness (QED) is 0.253. The van der Waals surface area contributed by atoms with Gasteiger partial charge in [-0.2, -0.15) is 0 Å². The molecule has 1 aliphatic heterocycles. The lowest BCUT2D eigenvalue weighted by atomic mass is 9.92. The Morgan fingerprint density at radius 1 is 1.21 bits per heavy atom. The normalized spacial score (nSPS) is 19.8. The van der Waals surface area contributed by atoms with Crippen molar-refractivity contribution in [1.29, 1.82) is 0 Å². The Morgan fingerprint density at radius 2 is 1.96 bits per heavy atom. The Labute approximate surface area is 187 Å². The van der Waals surface area contributed by atoms with E-state index in [2.05, 4.69) is 22.1 Å². The zero-order valence-corrected chi connectivity index (χ0v) is 19.6. The minimum absolute atomic E-state index is 0. The minimum atomic E-state index is 0. The van der Waals surface area contributed by atoms with E-state index in [1.54, 1.807) is 6.26 Å².